The van der Waals surface area contributed by atoms with Crippen LogP contribution in [-0.4, -0.2) is 30.4 Å². The Labute approximate surface area is 89.6 Å². The van der Waals surface area contributed by atoms with Crippen LogP contribution in [0.5, 0.6) is 0 Å². The summed E-state index contributed by atoms with van der Waals surface area (Å²) in [7, 11) is 0. The Hall–Kier alpha value is -0.510. The third-order valence-electron chi connectivity index (χ3n) is 1.66. The number of hydrogen-bond acceptors (Lipinski definition) is 4. The van der Waals surface area contributed by atoms with E-state index in [1.807, 2.05) is 13.2 Å². The van der Waals surface area contributed by atoms with E-state index in [0.29, 0.717) is 19.4 Å². The minimum atomic E-state index is -0.260. The summed E-state index contributed by atoms with van der Waals surface area (Å²) in [5.41, 5.74) is 0. The molecule has 82 valence electrons. The molecule has 0 bridgehead atoms. The molecule has 0 atom stereocenters. The van der Waals surface area contributed by atoms with E-state index in [-0.39, 0.29) is 18.2 Å². The van der Waals surface area contributed by atoms with E-state index in [0.717, 1.165) is 12.2 Å². The predicted molar refractivity (Wildman–Crippen MR) is 58.5 cm³/mol. The van der Waals surface area contributed by atoms with Gasteiger partial charge in [0.2, 0.25) is 0 Å². The van der Waals surface area contributed by atoms with Crippen LogP contribution < -0.4 is 0 Å². The van der Waals surface area contributed by atoms with E-state index in [1.165, 1.54) is 0 Å². The van der Waals surface area contributed by atoms with Crippen molar-refractivity contribution in [2.45, 2.75) is 32.6 Å². The van der Waals surface area contributed by atoms with Gasteiger partial charge in [0, 0.05) is 12.8 Å². The standard InChI is InChI=1S/C10H18O3S/c1-3-7-13-10(12)5-4-9(11)6-8-14-2/h3-8H2,1-2H3. The molecule has 0 fully saturated rings. The number of Topliss-reactive ketones (excluding diaryl/α,β-unsaturated/α-hetero) is 1. The average molecular weight is 218 g/mol. The maximum absolute atomic E-state index is 11.2. The summed E-state index contributed by atoms with van der Waals surface area (Å²) >= 11 is 1.64. The zero-order valence-corrected chi connectivity index (χ0v) is 9.69. The second-order valence-electron chi connectivity index (χ2n) is 3.00. The molecule has 0 spiro atoms. The smallest absolute Gasteiger partial charge is 0.306 e. The van der Waals surface area contributed by atoms with Gasteiger partial charge in [0.1, 0.15) is 5.78 Å². The summed E-state index contributed by atoms with van der Waals surface area (Å²) in [6.45, 7) is 2.40. The lowest BCUT2D eigenvalue weighted by molar-refractivity contribution is -0.144. The third kappa shape index (κ3) is 8.10. The van der Waals surface area contributed by atoms with Crippen molar-refractivity contribution in [3.63, 3.8) is 0 Å². The zero-order chi connectivity index (χ0) is 10.8. The number of esters is 1. The molecular weight excluding hydrogens is 200 g/mol. The Balaban J connectivity index is 3.41. The van der Waals surface area contributed by atoms with Gasteiger partial charge in [-0.2, -0.15) is 11.8 Å². The van der Waals surface area contributed by atoms with E-state index < -0.39 is 0 Å². The Bertz CT molecular complexity index is 160. The van der Waals surface area contributed by atoms with Gasteiger partial charge in [-0.1, -0.05) is 6.92 Å². The SMILES string of the molecule is CCCOC(=O)CCC(=O)CCSC. The van der Waals surface area contributed by atoms with Crippen LogP contribution in [-0.2, 0) is 14.3 Å². The predicted octanol–water partition coefficient (Wildman–Crippen LogP) is 2.04. The van der Waals surface area contributed by atoms with Gasteiger partial charge in [-0.15, -0.1) is 0 Å². The van der Waals surface area contributed by atoms with Gasteiger partial charge < -0.3 is 4.74 Å². The highest BCUT2D eigenvalue weighted by Crippen LogP contribution is 2.02. The van der Waals surface area contributed by atoms with E-state index in [1.54, 1.807) is 11.8 Å². The maximum Gasteiger partial charge on any atom is 0.306 e. The minimum absolute atomic E-state index is 0.146. The van der Waals surface area contributed by atoms with E-state index in [9.17, 15) is 9.59 Å². The van der Waals surface area contributed by atoms with E-state index >= 15 is 0 Å². The van der Waals surface area contributed by atoms with E-state index in [2.05, 4.69) is 0 Å². The zero-order valence-electron chi connectivity index (χ0n) is 8.88. The number of ketones is 1. The van der Waals surface area contributed by atoms with Gasteiger partial charge in [0.05, 0.1) is 13.0 Å². The van der Waals surface area contributed by atoms with Crippen LogP contribution in [0.4, 0.5) is 0 Å². The first-order valence-electron chi connectivity index (χ1n) is 4.87. The first-order chi connectivity index (χ1) is 6.70. The Morgan fingerprint density at radius 2 is 1.93 bits per heavy atom. The summed E-state index contributed by atoms with van der Waals surface area (Å²) < 4.78 is 4.85. The van der Waals surface area contributed by atoms with Crippen molar-refractivity contribution in [2.75, 3.05) is 18.6 Å². The van der Waals surface area contributed by atoms with Crippen LogP contribution in [0.25, 0.3) is 0 Å². The first-order valence-corrected chi connectivity index (χ1v) is 6.26. The first kappa shape index (κ1) is 13.5. The topological polar surface area (TPSA) is 43.4 Å². The molecule has 0 aromatic rings. The number of rotatable bonds is 8. The quantitative estimate of drug-likeness (QED) is 0.585. The molecule has 0 amide bonds. The van der Waals surface area contributed by atoms with Crippen LogP contribution in [0.2, 0.25) is 0 Å². The highest BCUT2D eigenvalue weighted by molar-refractivity contribution is 7.98. The lowest BCUT2D eigenvalue weighted by atomic mass is 10.2. The molecular formula is C10H18O3S. The largest absolute Gasteiger partial charge is 0.466 e. The maximum atomic E-state index is 11.2. The molecule has 0 saturated heterocycles. The molecule has 0 aliphatic rings. The molecule has 0 rings (SSSR count). The Kier molecular flexibility index (Phi) is 8.73. The van der Waals surface area contributed by atoms with Crippen LogP contribution in [0.15, 0.2) is 0 Å². The summed E-state index contributed by atoms with van der Waals surface area (Å²) in [6, 6.07) is 0. The van der Waals surface area contributed by atoms with Gasteiger partial charge in [0.25, 0.3) is 0 Å². The highest BCUT2D eigenvalue weighted by Gasteiger charge is 2.07. The number of ether oxygens (including phenoxy) is 1. The summed E-state index contributed by atoms with van der Waals surface area (Å²) in [5, 5.41) is 0. The summed E-state index contributed by atoms with van der Waals surface area (Å²) in [6.07, 6.45) is 3.90. The van der Waals surface area contributed by atoms with E-state index in [4.69, 9.17) is 4.74 Å². The van der Waals surface area contributed by atoms with Crippen LogP contribution in [0.3, 0.4) is 0 Å². The van der Waals surface area contributed by atoms with Crippen LogP contribution >= 0.6 is 11.8 Å². The van der Waals surface area contributed by atoms with Crippen molar-refractivity contribution in [2.24, 2.45) is 0 Å². The van der Waals surface area contributed by atoms with Crippen molar-refractivity contribution in [1.29, 1.82) is 0 Å². The fourth-order valence-electron chi connectivity index (χ4n) is 0.870. The molecule has 0 heterocycles. The van der Waals surface area contributed by atoms with Gasteiger partial charge >= 0.3 is 5.97 Å². The van der Waals surface area contributed by atoms with Gasteiger partial charge in [0.15, 0.2) is 0 Å². The minimum Gasteiger partial charge on any atom is -0.466 e. The lowest BCUT2D eigenvalue weighted by Crippen LogP contribution is -2.08. The van der Waals surface area contributed by atoms with Crippen molar-refractivity contribution in [3.05, 3.63) is 0 Å². The monoisotopic (exact) mass is 218 g/mol. The van der Waals surface area contributed by atoms with Gasteiger partial charge in [-0.05, 0) is 18.4 Å². The molecule has 0 N–H and O–H groups in total. The second-order valence-corrected chi connectivity index (χ2v) is 3.99. The molecule has 0 aliphatic carbocycles. The molecule has 0 aliphatic heterocycles. The second kappa shape index (κ2) is 9.06. The molecule has 0 aromatic carbocycles. The fraction of sp³-hybridized carbons (Fsp3) is 0.800. The fourth-order valence-corrected chi connectivity index (χ4v) is 1.30. The molecule has 14 heavy (non-hydrogen) atoms. The molecule has 0 radical (unpaired) electrons. The Morgan fingerprint density at radius 3 is 2.50 bits per heavy atom. The van der Waals surface area contributed by atoms with Crippen molar-refractivity contribution in [1.82, 2.24) is 0 Å². The third-order valence-corrected chi connectivity index (χ3v) is 2.27. The van der Waals surface area contributed by atoms with Crippen molar-refractivity contribution < 1.29 is 14.3 Å². The normalized spacial score (nSPS) is 9.86. The summed E-state index contributed by atoms with van der Waals surface area (Å²) in [4.78, 5) is 22.2. The highest BCUT2D eigenvalue weighted by atomic mass is 32.2. The van der Waals surface area contributed by atoms with Crippen LogP contribution in [0, 0.1) is 0 Å². The molecule has 0 aromatic heterocycles. The number of hydrogen-bond donors (Lipinski definition) is 0. The average Bonchev–Trinajstić information content (AvgIpc) is 2.20. The lowest BCUT2D eigenvalue weighted by Gasteiger charge is -2.02. The molecule has 4 heteroatoms. The van der Waals surface area contributed by atoms with Crippen LogP contribution in [0.1, 0.15) is 32.6 Å². The van der Waals surface area contributed by atoms with Gasteiger partial charge in [-0.3, -0.25) is 9.59 Å². The summed E-state index contributed by atoms with van der Waals surface area (Å²) in [5.74, 6) is 0.722. The van der Waals surface area contributed by atoms with Crippen molar-refractivity contribution in [3.8, 4) is 0 Å². The molecule has 3 nitrogen and oxygen atoms in total. The van der Waals surface area contributed by atoms with Crippen molar-refractivity contribution >= 4 is 23.5 Å². The Morgan fingerprint density at radius 1 is 1.21 bits per heavy atom. The molecule has 0 unspecified atom stereocenters. The number of carbonyl (C=O) groups excluding carboxylic acids is 2. The van der Waals surface area contributed by atoms with Gasteiger partial charge in [-0.25, -0.2) is 0 Å². The number of thioether (sulfide) groups is 1. The molecule has 0 saturated carbocycles. The number of carbonyl (C=O) groups is 2.